The van der Waals surface area contributed by atoms with Crippen LogP contribution in [0.4, 0.5) is 0 Å². The molecule has 2 aromatic carbocycles. The molecule has 0 N–H and O–H groups in total. The predicted octanol–water partition coefficient (Wildman–Crippen LogP) is 6.57. The smallest absolute Gasteiger partial charge is 0.343 e. The standard InChI is InChI=1S/C22H24Br2O5/c1-3-5-6-7-12-28-20-10-8-15(13-18(20)24)21(25)29-19-11-9-16(23)14-17(19)22(26)27-4-2/h8-11,13-14H,3-7,12H2,1-2H3. The Hall–Kier alpha value is -1.86. The van der Waals surface area contributed by atoms with Crippen molar-refractivity contribution >= 4 is 43.8 Å². The highest BCUT2D eigenvalue weighted by molar-refractivity contribution is 9.10. The van der Waals surface area contributed by atoms with Crippen molar-refractivity contribution in [2.75, 3.05) is 13.2 Å². The van der Waals surface area contributed by atoms with E-state index in [9.17, 15) is 9.59 Å². The lowest BCUT2D eigenvalue weighted by Crippen LogP contribution is -2.13. The summed E-state index contributed by atoms with van der Waals surface area (Å²) in [5.74, 6) is -0.310. The van der Waals surface area contributed by atoms with Crippen LogP contribution in [0.2, 0.25) is 0 Å². The minimum absolute atomic E-state index is 0.143. The van der Waals surface area contributed by atoms with E-state index in [0.29, 0.717) is 26.9 Å². The minimum atomic E-state index is -0.576. The van der Waals surface area contributed by atoms with Gasteiger partial charge in [0.15, 0.2) is 0 Å². The van der Waals surface area contributed by atoms with Gasteiger partial charge in [-0.1, -0.05) is 42.1 Å². The van der Waals surface area contributed by atoms with E-state index in [2.05, 4.69) is 38.8 Å². The molecule has 5 nitrogen and oxygen atoms in total. The first kappa shape index (κ1) is 23.4. The second kappa shape index (κ2) is 12.0. The largest absolute Gasteiger partial charge is 0.492 e. The van der Waals surface area contributed by atoms with Crippen LogP contribution in [0.3, 0.4) is 0 Å². The maximum atomic E-state index is 12.6. The summed E-state index contributed by atoms with van der Waals surface area (Å²) in [6, 6.07) is 9.82. The van der Waals surface area contributed by atoms with Gasteiger partial charge in [0, 0.05) is 4.47 Å². The Morgan fingerprint density at radius 2 is 1.66 bits per heavy atom. The zero-order valence-electron chi connectivity index (χ0n) is 16.5. The van der Waals surface area contributed by atoms with Crippen molar-refractivity contribution in [2.45, 2.75) is 39.5 Å². The van der Waals surface area contributed by atoms with Crippen LogP contribution in [-0.2, 0) is 4.74 Å². The molecule has 7 heteroatoms. The van der Waals surface area contributed by atoms with Gasteiger partial charge in [0.25, 0.3) is 0 Å². The van der Waals surface area contributed by atoms with Crippen LogP contribution in [0.1, 0.15) is 60.2 Å². The number of hydrogen-bond donors (Lipinski definition) is 0. The third kappa shape index (κ3) is 7.16. The van der Waals surface area contributed by atoms with Crippen LogP contribution in [0.5, 0.6) is 11.5 Å². The lowest BCUT2D eigenvalue weighted by molar-refractivity contribution is 0.0520. The van der Waals surface area contributed by atoms with Crippen LogP contribution in [0.15, 0.2) is 45.3 Å². The van der Waals surface area contributed by atoms with Crippen molar-refractivity contribution in [3.63, 3.8) is 0 Å². The number of esters is 2. The van der Waals surface area contributed by atoms with E-state index in [1.807, 2.05) is 0 Å². The van der Waals surface area contributed by atoms with E-state index < -0.39 is 11.9 Å². The summed E-state index contributed by atoms with van der Waals surface area (Å²) < 4.78 is 17.6. The summed E-state index contributed by atoms with van der Waals surface area (Å²) in [6.45, 7) is 4.74. The number of benzene rings is 2. The predicted molar refractivity (Wildman–Crippen MR) is 119 cm³/mol. The molecule has 0 amide bonds. The summed E-state index contributed by atoms with van der Waals surface area (Å²) in [5.41, 5.74) is 0.522. The Bertz CT molecular complexity index is 851. The van der Waals surface area contributed by atoms with Gasteiger partial charge in [0.05, 0.1) is 23.2 Å². The summed E-state index contributed by atoms with van der Waals surface area (Å²) in [5, 5.41) is 0. The zero-order valence-corrected chi connectivity index (χ0v) is 19.7. The van der Waals surface area contributed by atoms with Crippen LogP contribution in [0, 0.1) is 0 Å². The van der Waals surface area contributed by atoms with Gasteiger partial charge in [-0.15, -0.1) is 0 Å². The van der Waals surface area contributed by atoms with E-state index in [1.54, 1.807) is 43.3 Å². The van der Waals surface area contributed by atoms with Crippen molar-refractivity contribution in [1.82, 2.24) is 0 Å². The monoisotopic (exact) mass is 526 g/mol. The average molecular weight is 528 g/mol. The van der Waals surface area contributed by atoms with Gasteiger partial charge in [-0.3, -0.25) is 0 Å². The highest BCUT2D eigenvalue weighted by atomic mass is 79.9. The second-order valence-corrected chi connectivity index (χ2v) is 8.07. The number of rotatable bonds is 10. The van der Waals surface area contributed by atoms with E-state index in [-0.39, 0.29) is 17.9 Å². The summed E-state index contributed by atoms with van der Waals surface area (Å²) in [6.07, 6.45) is 4.49. The van der Waals surface area contributed by atoms with E-state index in [1.165, 1.54) is 12.8 Å². The molecule has 2 aromatic rings. The molecule has 0 heterocycles. The first-order valence-electron chi connectivity index (χ1n) is 9.57. The summed E-state index contributed by atoms with van der Waals surface area (Å²) in [7, 11) is 0. The number of carbonyl (C=O) groups is 2. The van der Waals surface area contributed by atoms with E-state index in [0.717, 1.165) is 12.8 Å². The lowest BCUT2D eigenvalue weighted by Gasteiger charge is -2.12. The quantitative estimate of drug-likeness (QED) is 0.199. The number of halogens is 2. The molecule has 0 unspecified atom stereocenters. The fourth-order valence-electron chi connectivity index (χ4n) is 2.57. The van der Waals surface area contributed by atoms with Gasteiger partial charge >= 0.3 is 11.9 Å². The van der Waals surface area contributed by atoms with Crippen molar-refractivity contribution in [2.24, 2.45) is 0 Å². The van der Waals surface area contributed by atoms with Crippen molar-refractivity contribution < 1.29 is 23.8 Å². The normalized spacial score (nSPS) is 10.5. The second-order valence-electron chi connectivity index (χ2n) is 6.30. The van der Waals surface area contributed by atoms with Crippen molar-refractivity contribution in [1.29, 1.82) is 0 Å². The maximum absolute atomic E-state index is 12.6. The Morgan fingerprint density at radius 1 is 0.897 bits per heavy atom. The van der Waals surface area contributed by atoms with Gasteiger partial charge in [-0.2, -0.15) is 0 Å². The molecule has 0 radical (unpaired) electrons. The molecule has 0 bridgehead atoms. The Kier molecular flexibility index (Phi) is 9.67. The minimum Gasteiger partial charge on any atom is -0.492 e. The van der Waals surface area contributed by atoms with Crippen LogP contribution < -0.4 is 9.47 Å². The van der Waals surface area contributed by atoms with Gasteiger partial charge in [-0.05, 0) is 65.7 Å². The number of unbranched alkanes of at least 4 members (excludes halogenated alkanes) is 3. The maximum Gasteiger partial charge on any atom is 0.343 e. The first-order valence-corrected chi connectivity index (χ1v) is 11.2. The van der Waals surface area contributed by atoms with Gasteiger partial charge in [-0.25, -0.2) is 9.59 Å². The van der Waals surface area contributed by atoms with Gasteiger partial charge in [0.1, 0.15) is 17.1 Å². The highest BCUT2D eigenvalue weighted by Gasteiger charge is 2.19. The summed E-state index contributed by atoms with van der Waals surface area (Å²) in [4.78, 5) is 24.7. The molecular weight excluding hydrogens is 504 g/mol. The fraction of sp³-hybridized carbons (Fsp3) is 0.364. The molecule has 0 saturated carbocycles. The molecule has 0 saturated heterocycles. The molecule has 0 aromatic heterocycles. The number of ether oxygens (including phenoxy) is 3. The molecule has 0 aliphatic carbocycles. The van der Waals surface area contributed by atoms with E-state index in [4.69, 9.17) is 14.2 Å². The van der Waals surface area contributed by atoms with Crippen LogP contribution >= 0.6 is 31.9 Å². The molecule has 0 aliphatic rings. The third-order valence-electron chi connectivity index (χ3n) is 4.06. The highest BCUT2D eigenvalue weighted by Crippen LogP contribution is 2.28. The SMILES string of the molecule is CCCCCCOc1ccc(C(=O)Oc2ccc(Br)cc2C(=O)OCC)cc1Br. The van der Waals surface area contributed by atoms with Crippen LogP contribution in [0.25, 0.3) is 0 Å². The molecule has 156 valence electrons. The van der Waals surface area contributed by atoms with E-state index >= 15 is 0 Å². The zero-order chi connectivity index (χ0) is 21.2. The van der Waals surface area contributed by atoms with Gasteiger partial charge in [0.2, 0.25) is 0 Å². The Balaban J connectivity index is 2.08. The Morgan fingerprint density at radius 3 is 2.34 bits per heavy atom. The lowest BCUT2D eigenvalue weighted by atomic mass is 10.2. The van der Waals surface area contributed by atoms with Crippen LogP contribution in [-0.4, -0.2) is 25.2 Å². The van der Waals surface area contributed by atoms with Gasteiger partial charge < -0.3 is 14.2 Å². The molecule has 0 aliphatic heterocycles. The fourth-order valence-corrected chi connectivity index (χ4v) is 3.43. The molecule has 0 atom stereocenters. The number of carbonyl (C=O) groups excluding carboxylic acids is 2. The Labute approximate surface area is 188 Å². The molecular formula is C22H24Br2O5. The third-order valence-corrected chi connectivity index (χ3v) is 5.18. The van der Waals surface area contributed by atoms with Crippen molar-refractivity contribution in [3.05, 3.63) is 56.5 Å². The first-order chi connectivity index (χ1) is 14.0. The number of hydrogen-bond acceptors (Lipinski definition) is 5. The molecule has 0 spiro atoms. The van der Waals surface area contributed by atoms with Crippen molar-refractivity contribution in [3.8, 4) is 11.5 Å². The average Bonchev–Trinajstić information content (AvgIpc) is 2.70. The summed E-state index contributed by atoms with van der Waals surface area (Å²) >= 11 is 6.75. The molecule has 29 heavy (non-hydrogen) atoms. The molecule has 0 fully saturated rings. The molecule has 2 rings (SSSR count). The topological polar surface area (TPSA) is 61.8 Å².